The van der Waals surface area contributed by atoms with Crippen LogP contribution in [0.1, 0.15) is 6.92 Å². The van der Waals surface area contributed by atoms with Gasteiger partial charge in [0.05, 0.1) is 0 Å². The van der Waals surface area contributed by atoms with Crippen LogP contribution in [0.2, 0.25) is 0 Å². The van der Waals surface area contributed by atoms with Gasteiger partial charge >= 0.3 is 0 Å². The summed E-state index contributed by atoms with van der Waals surface area (Å²) < 4.78 is 4.44. The Hall–Kier alpha value is 0.828. The number of rotatable bonds is 0. The maximum Gasteiger partial charge on any atom is 0.166 e. The molecule has 0 N–H and O–H groups in total. The Morgan fingerprint density at radius 1 is 1.78 bits per heavy atom. The van der Waals surface area contributed by atoms with Crippen molar-refractivity contribution in [2.24, 2.45) is 4.99 Å². The first-order chi connectivity index (χ1) is 3.29. The summed E-state index contributed by atoms with van der Waals surface area (Å²) >= 11 is 0. The Balaban J connectivity index is 0. The van der Waals surface area contributed by atoms with Crippen LogP contribution in [0.25, 0.3) is 0 Å². The van der Waals surface area contributed by atoms with Crippen molar-refractivity contribution in [3.63, 3.8) is 0 Å². The third-order valence-electron chi connectivity index (χ3n) is 0.615. The molecule has 1 rings (SSSR count). The average molecular weight is 238 g/mol. The second-order valence-electron chi connectivity index (χ2n) is 1.25. The van der Waals surface area contributed by atoms with Gasteiger partial charge in [0.25, 0.3) is 0 Å². The van der Waals surface area contributed by atoms with Crippen molar-refractivity contribution in [3.05, 3.63) is 0 Å². The first-order valence-electron chi connectivity index (χ1n) is 1.95. The van der Waals surface area contributed by atoms with Crippen LogP contribution < -0.4 is 0 Å². The van der Waals surface area contributed by atoms with Gasteiger partial charge in [-0.1, -0.05) is 0 Å². The third-order valence-corrected chi connectivity index (χ3v) is 0.615. The number of esters is 1. The van der Waals surface area contributed by atoms with Gasteiger partial charge in [0.1, 0.15) is 0 Å². The van der Waals surface area contributed by atoms with Crippen LogP contribution in [0, 0.1) is 0 Å². The molecule has 1 aliphatic rings. The molecule has 0 amide bonds. The minimum Gasteiger partial charge on any atom is -0.467 e. The van der Waals surface area contributed by atoms with Gasteiger partial charge in [-0.05, 0) is 6.92 Å². The van der Waals surface area contributed by atoms with Crippen molar-refractivity contribution in [1.29, 1.82) is 0 Å². The molecule has 0 aliphatic carbocycles. The summed E-state index contributed by atoms with van der Waals surface area (Å²) in [6.07, 6.45) is 1.82. The van der Waals surface area contributed by atoms with Crippen LogP contribution in [-0.2, 0) is 60.8 Å². The predicted octanol–water partition coefficient (Wildman–Crippen LogP) is -0.168. The van der Waals surface area contributed by atoms with E-state index in [-0.39, 0.29) is 57.5 Å². The van der Waals surface area contributed by atoms with Gasteiger partial charge in [-0.15, -0.1) is 0 Å². The molecule has 0 saturated carbocycles. The van der Waals surface area contributed by atoms with Crippen LogP contribution in [0.3, 0.4) is 0 Å². The zero-order valence-corrected chi connectivity index (χ0v) is 9.10. The zero-order chi connectivity index (χ0) is 5.28. The summed E-state index contributed by atoms with van der Waals surface area (Å²) in [7, 11) is 0. The monoisotopic (exact) mass is 238 g/mol. The fourth-order valence-corrected chi connectivity index (χ4v) is 0.351. The summed E-state index contributed by atoms with van der Waals surface area (Å²) in [6, 6.07) is 0. The SMILES string of the molecule is CC1N=[C-]C(=O)O1.[V].[Y]. The van der Waals surface area contributed by atoms with Crippen LogP contribution in [0.15, 0.2) is 4.99 Å². The van der Waals surface area contributed by atoms with Gasteiger partial charge in [-0.2, -0.15) is 0 Å². The van der Waals surface area contributed by atoms with Crippen LogP contribution >= 0.6 is 0 Å². The number of aliphatic imine (C=N–C) groups is 1. The zero-order valence-electron chi connectivity index (χ0n) is 4.87. The van der Waals surface area contributed by atoms with Gasteiger partial charge in [0, 0.05) is 51.3 Å². The number of carbonyl (C=O) groups is 1. The molecular weight excluding hydrogens is 234 g/mol. The van der Waals surface area contributed by atoms with Crippen molar-refractivity contribution in [2.75, 3.05) is 0 Å². The number of hydrogen-bond donors (Lipinski definition) is 0. The molecule has 1 atom stereocenters. The minimum absolute atomic E-state index is 0. The number of ether oxygens (including phenoxy) is 1. The molecule has 3 nitrogen and oxygen atoms in total. The molecule has 0 saturated heterocycles. The Bertz CT molecular complexity index is 128. The summed E-state index contributed by atoms with van der Waals surface area (Å²) in [5, 5.41) is 0. The fourth-order valence-electron chi connectivity index (χ4n) is 0.351. The van der Waals surface area contributed by atoms with E-state index < -0.39 is 5.97 Å². The average Bonchev–Trinajstić information content (AvgIpc) is 1.87. The molecule has 46 valence electrons. The maximum absolute atomic E-state index is 10.0. The van der Waals surface area contributed by atoms with Gasteiger partial charge < -0.3 is 9.73 Å². The van der Waals surface area contributed by atoms with Gasteiger partial charge in [-0.3, -0.25) is 11.0 Å². The molecule has 0 aromatic heterocycles. The molecule has 2 radical (unpaired) electrons. The van der Waals surface area contributed by atoms with Crippen molar-refractivity contribution >= 4 is 12.2 Å². The summed E-state index contributed by atoms with van der Waals surface area (Å²) in [5.41, 5.74) is 0. The Labute approximate surface area is 90.4 Å². The van der Waals surface area contributed by atoms with Crippen LogP contribution in [-0.4, -0.2) is 18.4 Å². The number of hydrogen-bond acceptors (Lipinski definition) is 3. The van der Waals surface area contributed by atoms with Gasteiger partial charge in [0.2, 0.25) is 0 Å². The molecule has 1 aliphatic heterocycles. The molecule has 0 spiro atoms. The van der Waals surface area contributed by atoms with Crippen LogP contribution in [0.4, 0.5) is 0 Å². The molecule has 9 heavy (non-hydrogen) atoms. The Morgan fingerprint density at radius 2 is 2.33 bits per heavy atom. The third kappa shape index (κ3) is 4.26. The van der Waals surface area contributed by atoms with Crippen molar-refractivity contribution in [3.8, 4) is 0 Å². The predicted molar refractivity (Wildman–Crippen MR) is 23.0 cm³/mol. The quantitative estimate of drug-likeness (QED) is 0.434. The minimum atomic E-state index is -0.465. The van der Waals surface area contributed by atoms with Crippen LogP contribution in [0.5, 0.6) is 0 Å². The van der Waals surface area contributed by atoms with E-state index in [0.717, 1.165) is 0 Å². The number of cyclic esters (lactones) is 1. The van der Waals surface area contributed by atoms with E-state index >= 15 is 0 Å². The van der Waals surface area contributed by atoms with E-state index in [0.29, 0.717) is 0 Å². The standard InChI is InChI=1S/C4H4NO2.V.Y/c1-3-5-2-4(6)7-3;;/h3H,1H3;;/q-1;;. The van der Waals surface area contributed by atoms with E-state index in [9.17, 15) is 4.79 Å². The van der Waals surface area contributed by atoms with Crippen molar-refractivity contribution in [1.82, 2.24) is 0 Å². The maximum atomic E-state index is 10.0. The summed E-state index contributed by atoms with van der Waals surface area (Å²) in [4.78, 5) is 13.5. The van der Waals surface area contributed by atoms with E-state index in [1.807, 2.05) is 0 Å². The molecule has 0 aromatic rings. The Morgan fingerprint density at radius 3 is 2.44 bits per heavy atom. The molecule has 1 heterocycles. The van der Waals surface area contributed by atoms with E-state index in [4.69, 9.17) is 0 Å². The van der Waals surface area contributed by atoms with Gasteiger partial charge in [-0.25, -0.2) is 0 Å². The largest absolute Gasteiger partial charge is 0.467 e. The second kappa shape index (κ2) is 5.60. The Kier molecular flexibility index (Phi) is 7.78. The molecular formula is C4H4NO2VY-. The van der Waals surface area contributed by atoms with E-state index in [1.54, 1.807) is 6.92 Å². The molecule has 0 aromatic carbocycles. The summed E-state index contributed by atoms with van der Waals surface area (Å²) in [6.45, 7) is 1.68. The first-order valence-corrected chi connectivity index (χ1v) is 1.95. The molecule has 0 bridgehead atoms. The van der Waals surface area contributed by atoms with Crippen molar-refractivity contribution in [2.45, 2.75) is 13.2 Å². The smallest absolute Gasteiger partial charge is 0.166 e. The molecule has 0 fully saturated rings. The first kappa shape index (κ1) is 12.5. The normalized spacial score (nSPS) is 21.9. The topological polar surface area (TPSA) is 38.7 Å². The second-order valence-corrected chi connectivity index (χ2v) is 1.25. The summed E-state index contributed by atoms with van der Waals surface area (Å²) in [5.74, 6) is -0.465. The number of nitrogens with zero attached hydrogens (tertiary/aromatic N) is 1. The van der Waals surface area contributed by atoms with Crippen molar-refractivity contribution < 1.29 is 60.8 Å². The molecule has 1 unspecified atom stereocenters. The fraction of sp³-hybridized carbons (Fsp3) is 0.500. The molecule has 5 heteroatoms. The van der Waals surface area contributed by atoms with Gasteiger partial charge in [0.15, 0.2) is 12.2 Å². The number of carbonyl (C=O) groups excluding carboxylic acids is 1. The van der Waals surface area contributed by atoms with E-state index in [2.05, 4.69) is 15.9 Å². The van der Waals surface area contributed by atoms with E-state index in [1.165, 1.54) is 0 Å².